The van der Waals surface area contributed by atoms with Gasteiger partial charge in [0.1, 0.15) is 11.8 Å². The molecule has 1 aromatic carbocycles. The van der Waals surface area contributed by atoms with Gasteiger partial charge in [0.2, 0.25) is 0 Å². The first-order chi connectivity index (χ1) is 12.0. The van der Waals surface area contributed by atoms with Gasteiger partial charge in [-0.25, -0.2) is 4.79 Å². The first kappa shape index (κ1) is 18.8. The van der Waals surface area contributed by atoms with E-state index in [2.05, 4.69) is 0 Å². The van der Waals surface area contributed by atoms with Crippen LogP contribution in [-0.4, -0.2) is 41.8 Å². The van der Waals surface area contributed by atoms with Crippen LogP contribution >= 0.6 is 11.8 Å². The van der Waals surface area contributed by atoms with Gasteiger partial charge in [0, 0.05) is 0 Å². The fraction of sp³-hybridized carbons (Fsp3) is 0.278. The summed E-state index contributed by atoms with van der Waals surface area (Å²) in [7, 11) is 1.60. The number of thioether (sulfide) groups is 1. The third-order valence-electron chi connectivity index (χ3n) is 3.49. The number of esters is 1. The van der Waals surface area contributed by atoms with Gasteiger partial charge in [0.25, 0.3) is 11.1 Å². The summed E-state index contributed by atoms with van der Waals surface area (Å²) >= 11 is 0.806. The maximum Gasteiger partial charge on any atom is 0.329 e. The van der Waals surface area contributed by atoms with Crippen LogP contribution in [0.15, 0.2) is 41.3 Å². The molecule has 0 aliphatic carbocycles. The number of hydrogen-bond donors (Lipinski definition) is 0. The molecule has 1 aromatic rings. The van der Waals surface area contributed by atoms with Gasteiger partial charge in [-0.2, -0.15) is 0 Å². The van der Waals surface area contributed by atoms with Gasteiger partial charge in [0.05, 0.1) is 18.6 Å². The Morgan fingerprint density at radius 1 is 1.28 bits per heavy atom. The molecule has 0 radical (unpaired) electrons. The minimum absolute atomic E-state index is 0.194. The second kappa shape index (κ2) is 8.53. The molecule has 2 rings (SSSR count). The summed E-state index contributed by atoms with van der Waals surface area (Å²) in [5.74, 6) is -0.332. The van der Waals surface area contributed by atoms with Crippen molar-refractivity contribution in [2.75, 3.05) is 13.7 Å². The molecule has 0 unspecified atom stereocenters. The number of nitrogens with zero attached hydrogens (tertiary/aromatic N) is 1. The van der Waals surface area contributed by atoms with E-state index in [1.807, 2.05) is 30.3 Å². The zero-order valence-electron chi connectivity index (χ0n) is 14.2. The molecule has 132 valence electrons. The van der Waals surface area contributed by atoms with Crippen molar-refractivity contribution in [2.24, 2.45) is 0 Å². The monoisotopic (exact) mass is 361 g/mol. The summed E-state index contributed by atoms with van der Waals surface area (Å²) in [6, 6.07) is 6.46. The molecule has 0 aromatic heterocycles. The third kappa shape index (κ3) is 4.51. The van der Waals surface area contributed by atoms with Crippen molar-refractivity contribution in [3.05, 3.63) is 46.9 Å². The topological polar surface area (TPSA) is 72.9 Å². The van der Waals surface area contributed by atoms with E-state index in [0.717, 1.165) is 28.0 Å². The van der Waals surface area contributed by atoms with Crippen LogP contribution in [0.25, 0.3) is 6.08 Å². The molecule has 1 saturated heterocycles. The molecule has 7 heteroatoms. The highest BCUT2D eigenvalue weighted by Crippen LogP contribution is 2.32. The highest BCUT2D eigenvalue weighted by atomic mass is 32.2. The van der Waals surface area contributed by atoms with Crippen LogP contribution in [-0.2, 0) is 14.3 Å². The van der Waals surface area contributed by atoms with Gasteiger partial charge < -0.3 is 9.47 Å². The quantitative estimate of drug-likeness (QED) is 0.572. The number of ether oxygens (including phenoxy) is 2. The van der Waals surface area contributed by atoms with Crippen molar-refractivity contribution in [2.45, 2.75) is 19.9 Å². The summed E-state index contributed by atoms with van der Waals surface area (Å²) in [6.45, 7) is 3.34. The van der Waals surface area contributed by atoms with E-state index in [1.54, 1.807) is 26.2 Å². The Morgan fingerprint density at radius 2 is 1.96 bits per heavy atom. The molecule has 1 heterocycles. The predicted octanol–water partition coefficient (Wildman–Crippen LogP) is 3.24. The number of imide groups is 1. The Kier molecular flexibility index (Phi) is 6.41. The minimum atomic E-state index is -0.941. The molecule has 25 heavy (non-hydrogen) atoms. The molecule has 6 nitrogen and oxygen atoms in total. The summed E-state index contributed by atoms with van der Waals surface area (Å²) in [5.41, 5.74) is 0.927. The molecule has 1 aliphatic rings. The fourth-order valence-corrected chi connectivity index (χ4v) is 3.02. The highest BCUT2D eigenvalue weighted by molar-refractivity contribution is 8.18. The average Bonchev–Trinajstić information content (AvgIpc) is 2.89. The van der Waals surface area contributed by atoms with Gasteiger partial charge in [0.15, 0.2) is 0 Å². The Morgan fingerprint density at radius 3 is 2.56 bits per heavy atom. The minimum Gasteiger partial charge on any atom is -0.497 e. The van der Waals surface area contributed by atoms with Crippen LogP contribution in [0.5, 0.6) is 5.75 Å². The van der Waals surface area contributed by atoms with E-state index in [0.29, 0.717) is 0 Å². The van der Waals surface area contributed by atoms with E-state index >= 15 is 0 Å². The van der Waals surface area contributed by atoms with Crippen LogP contribution < -0.4 is 4.74 Å². The average molecular weight is 361 g/mol. The number of rotatable bonds is 6. The van der Waals surface area contributed by atoms with Crippen molar-refractivity contribution in [1.29, 1.82) is 0 Å². The van der Waals surface area contributed by atoms with Crippen molar-refractivity contribution in [3.63, 3.8) is 0 Å². The van der Waals surface area contributed by atoms with Crippen molar-refractivity contribution in [1.82, 2.24) is 4.90 Å². The molecule has 0 bridgehead atoms. The second-order valence-corrected chi connectivity index (χ2v) is 6.13. The third-order valence-corrected chi connectivity index (χ3v) is 4.39. The molecular formula is C18H19NO5S. The number of amides is 2. The normalized spacial score (nSPS) is 17.4. The summed E-state index contributed by atoms with van der Waals surface area (Å²) in [4.78, 5) is 37.3. The van der Waals surface area contributed by atoms with Crippen LogP contribution in [0.3, 0.4) is 0 Å². The number of benzene rings is 1. The molecule has 0 N–H and O–H groups in total. The van der Waals surface area contributed by atoms with E-state index in [1.165, 1.54) is 6.92 Å². The van der Waals surface area contributed by atoms with Crippen LogP contribution in [0.1, 0.15) is 19.4 Å². The number of methoxy groups -OCH3 is 1. The molecule has 0 spiro atoms. The number of hydrogen-bond acceptors (Lipinski definition) is 6. The standard InChI is InChI=1S/C18H19NO5S/c1-4-24-17(21)12(2)19-16(20)15(25-18(19)22)7-5-6-13-8-10-14(23-3)11-9-13/h5-12H,4H2,1-3H3/b6-5+,15-7-/t12-/m1/s1. The lowest BCUT2D eigenvalue weighted by molar-refractivity contribution is -0.150. The SMILES string of the molecule is CCOC(=O)[C@@H](C)N1C(=O)S/C(=C\C=C\c2ccc(OC)cc2)C1=O. The largest absolute Gasteiger partial charge is 0.497 e. The first-order valence-electron chi connectivity index (χ1n) is 7.72. The van der Waals surface area contributed by atoms with Crippen molar-refractivity contribution >= 4 is 35.0 Å². The number of allylic oxidation sites excluding steroid dienone is 2. The van der Waals surface area contributed by atoms with Gasteiger partial charge in [-0.05, 0) is 49.4 Å². The second-order valence-electron chi connectivity index (χ2n) is 5.13. The summed E-state index contributed by atoms with van der Waals surface area (Å²) in [6.07, 6.45) is 5.06. The van der Waals surface area contributed by atoms with Gasteiger partial charge in [-0.3, -0.25) is 14.5 Å². The van der Waals surface area contributed by atoms with Crippen LogP contribution in [0.4, 0.5) is 4.79 Å². The Balaban J connectivity index is 2.08. The molecule has 2 amide bonds. The molecular weight excluding hydrogens is 342 g/mol. The summed E-state index contributed by atoms with van der Waals surface area (Å²) < 4.78 is 9.95. The van der Waals surface area contributed by atoms with Crippen molar-refractivity contribution in [3.8, 4) is 5.75 Å². The lowest BCUT2D eigenvalue weighted by Crippen LogP contribution is -2.42. The molecule has 1 atom stereocenters. The van der Waals surface area contributed by atoms with E-state index < -0.39 is 23.2 Å². The predicted molar refractivity (Wildman–Crippen MR) is 96.0 cm³/mol. The maximum atomic E-state index is 12.3. The zero-order valence-corrected chi connectivity index (χ0v) is 15.0. The number of carbonyl (C=O) groups is 3. The van der Waals surface area contributed by atoms with E-state index in [9.17, 15) is 14.4 Å². The highest BCUT2D eigenvalue weighted by Gasteiger charge is 2.41. The fourth-order valence-electron chi connectivity index (χ4n) is 2.16. The van der Waals surface area contributed by atoms with Crippen LogP contribution in [0, 0.1) is 0 Å². The molecule has 1 fully saturated rings. The van der Waals surface area contributed by atoms with Gasteiger partial charge in [-0.15, -0.1) is 0 Å². The molecule has 1 aliphatic heterocycles. The van der Waals surface area contributed by atoms with Crippen LogP contribution in [0.2, 0.25) is 0 Å². The summed E-state index contributed by atoms with van der Waals surface area (Å²) in [5, 5.41) is -0.477. The Hall–Kier alpha value is -2.54. The smallest absolute Gasteiger partial charge is 0.329 e. The van der Waals surface area contributed by atoms with Gasteiger partial charge in [-0.1, -0.05) is 24.3 Å². The Bertz CT molecular complexity index is 723. The van der Waals surface area contributed by atoms with E-state index in [4.69, 9.17) is 9.47 Å². The Labute approximate surface area is 150 Å². The van der Waals surface area contributed by atoms with E-state index in [-0.39, 0.29) is 11.5 Å². The lowest BCUT2D eigenvalue weighted by Gasteiger charge is -2.19. The van der Waals surface area contributed by atoms with Crippen molar-refractivity contribution < 1.29 is 23.9 Å². The van der Waals surface area contributed by atoms with Gasteiger partial charge >= 0.3 is 5.97 Å². The first-order valence-corrected chi connectivity index (χ1v) is 8.54. The lowest BCUT2D eigenvalue weighted by atomic mass is 10.2. The zero-order chi connectivity index (χ0) is 18.4. The number of carbonyl (C=O) groups excluding carboxylic acids is 3. The maximum absolute atomic E-state index is 12.3. The molecule has 0 saturated carbocycles.